The third-order valence-electron chi connectivity index (χ3n) is 3.19. The number of nitrogens with zero attached hydrogens (tertiary/aromatic N) is 1. The van der Waals surface area contributed by atoms with Crippen LogP contribution < -0.4 is 4.74 Å². The third-order valence-corrected chi connectivity index (χ3v) is 4.69. The van der Waals surface area contributed by atoms with Gasteiger partial charge in [0.2, 0.25) is 0 Å². The standard InChI is InChI=1S/C17H18BrNO4S/c1-4-22-16(20)17(2,3)23-13-8-7-11(10-12(13)18)15(19-21)14-6-5-9-24-14/h5-10,21H,4H2,1-3H3. The van der Waals surface area contributed by atoms with Gasteiger partial charge in [-0.25, -0.2) is 4.79 Å². The lowest BCUT2D eigenvalue weighted by Crippen LogP contribution is -2.39. The van der Waals surface area contributed by atoms with Crippen LogP contribution in [0.25, 0.3) is 0 Å². The van der Waals surface area contributed by atoms with Gasteiger partial charge >= 0.3 is 5.97 Å². The Kier molecular flexibility index (Phi) is 6.01. The van der Waals surface area contributed by atoms with Crippen LogP contribution in [0, 0.1) is 0 Å². The van der Waals surface area contributed by atoms with Gasteiger partial charge in [0.05, 0.1) is 16.0 Å². The number of halogens is 1. The molecule has 0 saturated heterocycles. The lowest BCUT2D eigenvalue weighted by Gasteiger charge is -2.24. The number of hydrogen-bond acceptors (Lipinski definition) is 6. The van der Waals surface area contributed by atoms with Crippen molar-refractivity contribution in [3.63, 3.8) is 0 Å². The maximum absolute atomic E-state index is 11.9. The van der Waals surface area contributed by atoms with E-state index < -0.39 is 11.6 Å². The van der Waals surface area contributed by atoms with Gasteiger partial charge in [0.1, 0.15) is 11.5 Å². The van der Waals surface area contributed by atoms with E-state index in [0.717, 1.165) is 10.4 Å². The predicted octanol–water partition coefficient (Wildman–Crippen LogP) is 4.46. The normalized spacial score (nSPS) is 12.1. The van der Waals surface area contributed by atoms with Gasteiger partial charge in [0.15, 0.2) is 5.60 Å². The molecule has 0 bridgehead atoms. The number of thiophene rings is 1. The van der Waals surface area contributed by atoms with Crippen LogP contribution >= 0.6 is 27.3 Å². The number of carbonyl (C=O) groups excluding carboxylic acids is 1. The first-order valence-corrected chi connectivity index (χ1v) is 8.98. The molecule has 2 rings (SSSR count). The van der Waals surface area contributed by atoms with Crippen molar-refractivity contribution >= 4 is 38.9 Å². The highest BCUT2D eigenvalue weighted by Gasteiger charge is 2.32. The molecule has 7 heteroatoms. The maximum Gasteiger partial charge on any atom is 0.349 e. The number of esters is 1. The first-order chi connectivity index (χ1) is 11.4. The van der Waals surface area contributed by atoms with E-state index in [1.165, 1.54) is 11.3 Å². The average molecular weight is 412 g/mol. The molecule has 0 aliphatic heterocycles. The molecule has 1 N–H and O–H groups in total. The largest absolute Gasteiger partial charge is 0.475 e. The molecule has 1 aromatic carbocycles. The van der Waals surface area contributed by atoms with E-state index in [1.807, 2.05) is 17.5 Å². The number of oxime groups is 1. The van der Waals surface area contributed by atoms with Crippen molar-refractivity contribution in [1.82, 2.24) is 0 Å². The SMILES string of the molecule is CCOC(=O)C(C)(C)Oc1ccc(C(=NO)c2cccs2)cc1Br. The fourth-order valence-electron chi connectivity index (χ4n) is 2.01. The minimum absolute atomic E-state index is 0.295. The Balaban J connectivity index is 2.26. The van der Waals surface area contributed by atoms with Gasteiger partial charge in [0.25, 0.3) is 0 Å². The number of hydrogen-bond donors (Lipinski definition) is 1. The molecule has 0 fully saturated rings. The third kappa shape index (κ3) is 4.15. The Morgan fingerprint density at radius 2 is 2.12 bits per heavy atom. The van der Waals surface area contributed by atoms with Crippen molar-refractivity contribution in [2.75, 3.05) is 6.61 Å². The van der Waals surface area contributed by atoms with E-state index in [1.54, 1.807) is 39.0 Å². The second-order valence-electron chi connectivity index (χ2n) is 5.40. The van der Waals surface area contributed by atoms with Crippen molar-refractivity contribution < 1.29 is 19.5 Å². The molecule has 0 unspecified atom stereocenters. The highest BCUT2D eigenvalue weighted by atomic mass is 79.9. The van der Waals surface area contributed by atoms with E-state index in [-0.39, 0.29) is 0 Å². The Bertz CT molecular complexity index is 741. The molecule has 0 spiro atoms. The highest BCUT2D eigenvalue weighted by molar-refractivity contribution is 9.10. The second-order valence-corrected chi connectivity index (χ2v) is 7.21. The first kappa shape index (κ1) is 18.5. The van der Waals surface area contributed by atoms with Crippen molar-refractivity contribution in [2.45, 2.75) is 26.4 Å². The molecule has 0 radical (unpaired) electrons. The molecular formula is C17H18BrNO4S. The van der Waals surface area contributed by atoms with E-state index in [4.69, 9.17) is 9.47 Å². The predicted molar refractivity (Wildman–Crippen MR) is 97.2 cm³/mol. The van der Waals surface area contributed by atoms with Crippen LogP contribution in [0.2, 0.25) is 0 Å². The topological polar surface area (TPSA) is 68.1 Å². The number of benzene rings is 1. The zero-order chi connectivity index (χ0) is 17.7. The monoisotopic (exact) mass is 411 g/mol. The van der Waals surface area contributed by atoms with Crippen molar-refractivity contribution in [2.24, 2.45) is 5.16 Å². The molecule has 2 aromatic rings. The van der Waals surface area contributed by atoms with E-state index in [2.05, 4.69) is 21.1 Å². The molecule has 5 nitrogen and oxygen atoms in total. The Morgan fingerprint density at radius 3 is 2.67 bits per heavy atom. The molecular weight excluding hydrogens is 394 g/mol. The molecule has 1 heterocycles. The van der Waals surface area contributed by atoms with Crippen LogP contribution in [0.1, 0.15) is 31.2 Å². The van der Waals surface area contributed by atoms with Crippen LogP contribution in [0.15, 0.2) is 45.3 Å². The molecule has 0 saturated carbocycles. The van der Waals surface area contributed by atoms with Crippen LogP contribution in [-0.2, 0) is 9.53 Å². The summed E-state index contributed by atoms with van der Waals surface area (Å²) in [6.45, 7) is 5.34. The van der Waals surface area contributed by atoms with Crippen LogP contribution in [0.5, 0.6) is 5.75 Å². The van der Waals surface area contributed by atoms with Crippen molar-refractivity contribution in [1.29, 1.82) is 0 Å². The summed E-state index contributed by atoms with van der Waals surface area (Å²) in [5.41, 5.74) is 0.0943. The van der Waals surface area contributed by atoms with Gasteiger partial charge in [-0.2, -0.15) is 0 Å². The number of carbonyl (C=O) groups is 1. The summed E-state index contributed by atoms with van der Waals surface area (Å²) in [4.78, 5) is 12.8. The van der Waals surface area contributed by atoms with E-state index in [0.29, 0.717) is 22.5 Å². The summed E-state index contributed by atoms with van der Waals surface area (Å²) in [6, 6.07) is 9.04. The zero-order valence-corrected chi connectivity index (χ0v) is 16.0. The number of rotatable bonds is 6. The summed E-state index contributed by atoms with van der Waals surface area (Å²) >= 11 is 4.92. The van der Waals surface area contributed by atoms with E-state index in [9.17, 15) is 10.0 Å². The minimum Gasteiger partial charge on any atom is -0.475 e. The summed E-state index contributed by atoms with van der Waals surface area (Å²) in [5.74, 6) is 0.0671. The smallest absolute Gasteiger partial charge is 0.349 e. The van der Waals surface area contributed by atoms with Gasteiger partial charge in [-0.05, 0) is 66.3 Å². The van der Waals surface area contributed by atoms with Gasteiger partial charge in [-0.3, -0.25) is 0 Å². The lowest BCUT2D eigenvalue weighted by molar-refractivity contribution is -0.158. The zero-order valence-electron chi connectivity index (χ0n) is 13.6. The molecule has 24 heavy (non-hydrogen) atoms. The molecule has 0 aliphatic carbocycles. The molecule has 128 valence electrons. The van der Waals surface area contributed by atoms with Gasteiger partial charge < -0.3 is 14.7 Å². The molecule has 0 aliphatic rings. The van der Waals surface area contributed by atoms with Crippen LogP contribution in [0.4, 0.5) is 0 Å². The average Bonchev–Trinajstić information content (AvgIpc) is 3.05. The van der Waals surface area contributed by atoms with Gasteiger partial charge in [-0.15, -0.1) is 11.3 Å². The Morgan fingerprint density at radius 1 is 1.38 bits per heavy atom. The lowest BCUT2D eigenvalue weighted by atomic mass is 10.1. The van der Waals surface area contributed by atoms with Crippen LogP contribution in [-0.4, -0.2) is 29.1 Å². The summed E-state index contributed by atoms with van der Waals surface area (Å²) in [6.07, 6.45) is 0. The first-order valence-electron chi connectivity index (χ1n) is 7.31. The quantitative estimate of drug-likeness (QED) is 0.329. The fraction of sp³-hybridized carbons (Fsp3) is 0.294. The van der Waals surface area contributed by atoms with Crippen molar-refractivity contribution in [3.8, 4) is 5.75 Å². The van der Waals surface area contributed by atoms with Gasteiger partial charge in [-0.1, -0.05) is 11.2 Å². The summed E-state index contributed by atoms with van der Waals surface area (Å²) in [7, 11) is 0. The molecule has 0 atom stereocenters. The Labute approximate surface area is 153 Å². The Hall–Kier alpha value is -1.86. The summed E-state index contributed by atoms with van der Waals surface area (Å²) < 4.78 is 11.5. The second kappa shape index (κ2) is 7.81. The molecule has 0 amide bonds. The molecule has 1 aromatic heterocycles. The van der Waals surface area contributed by atoms with E-state index >= 15 is 0 Å². The minimum atomic E-state index is -1.11. The maximum atomic E-state index is 11.9. The van der Waals surface area contributed by atoms with Crippen LogP contribution in [0.3, 0.4) is 0 Å². The highest BCUT2D eigenvalue weighted by Crippen LogP contribution is 2.31. The van der Waals surface area contributed by atoms with Crippen molar-refractivity contribution in [3.05, 3.63) is 50.6 Å². The summed E-state index contributed by atoms with van der Waals surface area (Å²) in [5, 5.41) is 14.6. The fourth-order valence-corrected chi connectivity index (χ4v) is 3.21. The van der Waals surface area contributed by atoms with Gasteiger partial charge in [0, 0.05) is 5.56 Å². The number of ether oxygens (including phenoxy) is 2.